The fraction of sp³-hybridized carbons (Fsp3) is 0.562. The van der Waals surface area contributed by atoms with Crippen LogP contribution in [0.3, 0.4) is 0 Å². The molecule has 1 unspecified atom stereocenters. The summed E-state index contributed by atoms with van der Waals surface area (Å²) in [5.74, 6) is 0.0562. The van der Waals surface area contributed by atoms with Gasteiger partial charge in [0.05, 0.1) is 6.10 Å². The van der Waals surface area contributed by atoms with E-state index in [1.807, 2.05) is 6.07 Å². The van der Waals surface area contributed by atoms with Gasteiger partial charge in [0.15, 0.2) is 0 Å². The number of rotatable bonds is 5. The van der Waals surface area contributed by atoms with Gasteiger partial charge in [0.2, 0.25) is 5.91 Å². The largest absolute Gasteiger partial charge is 0.388 e. The molecule has 0 aliphatic carbocycles. The molecule has 19 heavy (non-hydrogen) atoms. The molecule has 3 heteroatoms. The summed E-state index contributed by atoms with van der Waals surface area (Å²) in [6, 6.07) is 4.20. The molecular weight excluding hydrogens is 238 g/mol. The monoisotopic (exact) mass is 261 g/mol. The van der Waals surface area contributed by atoms with Crippen molar-refractivity contribution in [1.82, 2.24) is 0 Å². The van der Waals surface area contributed by atoms with Crippen molar-refractivity contribution < 1.29 is 9.90 Å². The van der Waals surface area contributed by atoms with Crippen molar-refractivity contribution >= 4 is 11.6 Å². The molecule has 1 aromatic rings. The fourth-order valence-electron chi connectivity index (χ4n) is 2.61. The molecule has 0 radical (unpaired) electrons. The van der Waals surface area contributed by atoms with E-state index in [1.165, 1.54) is 11.1 Å². The maximum absolute atomic E-state index is 11.6. The maximum atomic E-state index is 11.6. The average Bonchev–Trinajstić information content (AvgIpc) is 2.43. The van der Waals surface area contributed by atoms with E-state index < -0.39 is 6.10 Å². The van der Waals surface area contributed by atoms with Gasteiger partial charge in [-0.05, 0) is 30.4 Å². The maximum Gasteiger partial charge on any atom is 0.224 e. The van der Waals surface area contributed by atoms with Gasteiger partial charge in [0.25, 0.3) is 0 Å². The quantitative estimate of drug-likeness (QED) is 0.854. The van der Waals surface area contributed by atoms with E-state index in [0.717, 1.165) is 43.4 Å². The number of amides is 1. The molecule has 1 aliphatic rings. The minimum Gasteiger partial charge on any atom is -0.388 e. The van der Waals surface area contributed by atoms with Crippen LogP contribution in [0.4, 0.5) is 5.69 Å². The Morgan fingerprint density at radius 1 is 1.32 bits per heavy atom. The second kappa shape index (κ2) is 6.20. The Labute approximate surface area is 115 Å². The van der Waals surface area contributed by atoms with Crippen molar-refractivity contribution in [3.8, 4) is 0 Å². The predicted molar refractivity (Wildman–Crippen MR) is 77.3 cm³/mol. The van der Waals surface area contributed by atoms with Crippen LogP contribution in [0.5, 0.6) is 0 Å². The Morgan fingerprint density at radius 3 is 2.79 bits per heavy atom. The third kappa shape index (κ3) is 3.16. The highest BCUT2D eigenvalue weighted by atomic mass is 16.3. The minimum atomic E-state index is -0.474. The van der Waals surface area contributed by atoms with E-state index in [4.69, 9.17) is 0 Å². The Hall–Kier alpha value is -1.35. The highest BCUT2D eigenvalue weighted by Crippen LogP contribution is 2.34. The van der Waals surface area contributed by atoms with Crippen molar-refractivity contribution in [2.45, 2.75) is 58.5 Å². The molecule has 1 aliphatic heterocycles. The zero-order valence-electron chi connectivity index (χ0n) is 11.8. The summed E-state index contributed by atoms with van der Waals surface area (Å²) in [5, 5.41) is 13.3. The molecule has 0 saturated carbocycles. The van der Waals surface area contributed by atoms with E-state index >= 15 is 0 Å². The second-order valence-corrected chi connectivity index (χ2v) is 5.28. The van der Waals surface area contributed by atoms with Crippen LogP contribution in [0.2, 0.25) is 0 Å². The minimum absolute atomic E-state index is 0.0562. The van der Waals surface area contributed by atoms with Crippen LogP contribution < -0.4 is 5.32 Å². The van der Waals surface area contributed by atoms with Crippen LogP contribution >= 0.6 is 0 Å². The van der Waals surface area contributed by atoms with Crippen LogP contribution in [0.15, 0.2) is 12.1 Å². The molecule has 0 saturated heterocycles. The Morgan fingerprint density at radius 2 is 2.11 bits per heavy atom. The number of nitrogens with one attached hydrogen (secondary N) is 1. The number of aryl methyl sites for hydroxylation is 2. The van der Waals surface area contributed by atoms with Crippen LogP contribution in [0, 0.1) is 0 Å². The van der Waals surface area contributed by atoms with E-state index in [9.17, 15) is 9.90 Å². The Bertz CT molecular complexity index is 468. The first-order valence-electron chi connectivity index (χ1n) is 7.29. The number of carbonyl (C=O) groups excluding carboxylic acids is 1. The summed E-state index contributed by atoms with van der Waals surface area (Å²) in [4.78, 5) is 11.6. The van der Waals surface area contributed by atoms with Gasteiger partial charge in [-0.2, -0.15) is 0 Å². The lowest BCUT2D eigenvalue weighted by Crippen LogP contribution is -2.21. The van der Waals surface area contributed by atoms with Crippen LogP contribution in [0.25, 0.3) is 0 Å². The number of unbranched alkanes of at least 4 members (excludes halogenated alkanes) is 1. The molecule has 1 amide bonds. The molecule has 0 bridgehead atoms. The topological polar surface area (TPSA) is 49.3 Å². The number of anilines is 1. The van der Waals surface area contributed by atoms with E-state index in [2.05, 4.69) is 25.2 Å². The number of hydrogen-bond acceptors (Lipinski definition) is 2. The standard InChI is InChI=1S/C16H23NO2/c1-3-5-6-14(18)13-10-11(4-2)9-12-7-8-15(19)17-16(12)13/h9-10,14,18H,3-8H2,1-2H3,(H,17,19). The summed E-state index contributed by atoms with van der Waals surface area (Å²) in [6.07, 6.45) is 4.63. The van der Waals surface area contributed by atoms with Gasteiger partial charge in [0, 0.05) is 17.7 Å². The predicted octanol–water partition coefficient (Wildman–Crippen LogP) is 3.36. The number of aliphatic hydroxyl groups excluding tert-OH is 1. The summed E-state index contributed by atoms with van der Waals surface area (Å²) in [6.45, 7) is 4.23. The number of hydrogen-bond donors (Lipinski definition) is 2. The number of carbonyl (C=O) groups is 1. The number of aliphatic hydroxyl groups is 1. The first-order valence-corrected chi connectivity index (χ1v) is 7.29. The fourth-order valence-corrected chi connectivity index (χ4v) is 2.61. The first-order chi connectivity index (χ1) is 9.15. The summed E-state index contributed by atoms with van der Waals surface area (Å²) in [5.41, 5.74) is 4.16. The third-order valence-electron chi connectivity index (χ3n) is 3.79. The lowest BCUT2D eigenvalue weighted by atomic mass is 9.91. The van der Waals surface area contributed by atoms with Crippen molar-refractivity contribution in [3.63, 3.8) is 0 Å². The normalized spacial score (nSPS) is 15.8. The lowest BCUT2D eigenvalue weighted by Gasteiger charge is -2.24. The van der Waals surface area contributed by atoms with E-state index in [-0.39, 0.29) is 5.91 Å². The molecule has 2 rings (SSSR count). The van der Waals surface area contributed by atoms with Crippen molar-refractivity contribution in [3.05, 3.63) is 28.8 Å². The summed E-state index contributed by atoms with van der Waals surface area (Å²) in [7, 11) is 0. The van der Waals surface area contributed by atoms with Gasteiger partial charge in [-0.15, -0.1) is 0 Å². The highest BCUT2D eigenvalue weighted by molar-refractivity contribution is 5.95. The Kier molecular flexibility index (Phi) is 4.59. The molecule has 0 spiro atoms. The van der Waals surface area contributed by atoms with Gasteiger partial charge >= 0.3 is 0 Å². The number of benzene rings is 1. The highest BCUT2D eigenvalue weighted by Gasteiger charge is 2.22. The SMILES string of the molecule is CCCCC(O)c1cc(CC)cc2c1NC(=O)CC2. The van der Waals surface area contributed by atoms with E-state index in [0.29, 0.717) is 6.42 Å². The molecule has 1 atom stereocenters. The van der Waals surface area contributed by atoms with Gasteiger partial charge in [-0.3, -0.25) is 4.79 Å². The van der Waals surface area contributed by atoms with Crippen molar-refractivity contribution in [1.29, 1.82) is 0 Å². The number of fused-ring (bicyclic) bond motifs is 1. The molecule has 0 aromatic heterocycles. The Balaban J connectivity index is 2.36. The third-order valence-corrected chi connectivity index (χ3v) is 3.79. The average molecular weight is 261 g/mol. The molecule has 1 aromatic carbocycles. The van der Waals surface area contributed by atoms with Crippen LogP contribution in [0.1, 0.15) is 62.3 Å². The van der Waals surface area contributed by atoms with Gasteiger partial charge < -0.3 is 10.4 Å². The van der Waals surface area contributed by atoms with Gasteiger partial charge in [0.1, 0.15) is 0 Å². The lowest BCUT2D eigenvalue weighted by molar-refractivity contribution is -0.116. The van der Waals surface area contributed by atoms with Crippen LogP contribution in [-0.4, -0.2) is 11.0 Å². The first kappa shape index (κ1) is 14.1. The summed E-state index contributed by atoms with van der Waals surface area (Å²) < 4.78 is 0. The van der Waals surface area contributed by atoms with Gasteiger partial charge in [-0.1, -0.05) is 38.8 Å². The molecule has 2 N–H and O–H groups in total. The smallest absolute Gasteiger partial charge is 0.224 e. The van der Waals surface area contributed by atoms with Crippen molar-refractivity contribution in [2.75, 3.05) is 5.32 Å². The van der Waals surface area contributed by atoms with Crippen LogP contribution in [-0.2, 0) is 17.6 Å². The molecule has 1 heterocycles. The van der Waals surface area contributed by atoms with E-state index in [1.54, 1.807) is 0 Å². The van der Waals surface area contributed by atoms with Crippen molar-refractivity contribution in [2.24, 2.45) is 0 Å². The molecule has 104 valence electrons. The summed E-state index contributed by atoms with van der Waals surface area (Å²) >= 11 is 0. The molecular formula is C16H23NO2. The molecule has 0 fully saturated rings. The zero-order valence-corrected chi connectivity index (χ0v) is 11.8. The molecule has 3 nitrogen and oxygen atoms in total. The second-order valence-electron chi connectivity index (χ2n) is 5.28. The van der Waals surface area contributed by atoms with Gasteiger partial charge in [-0.25, -0.2) is 0 Å². The zero-order chi connectivity index (χ0) is 13.8.